The topological polar surface area (TPSA) is 32.8 Å². The van der Waals surface area contributed by atoms with Crippen LogP contribution in [0.25, 0.3) is 76.2 Å². The number of nitrogens with zero attached hydrogens (tertiary/aromatic N) is 2. The number of benzene rings is 10. The fraction of sp³-hybridized carbons (Fsp3) is 0.257. The maximum atomic E-state index is 7.21. The molecule has 0 spiro atoms. The number of fused-ring (bicyclic) bond motifs is 6. The van der Waals surface area contributed by atoms with Gasteiger partial charge in [0.2, 0.25) is 0 Å². The molecule has 0 unspecified atom stereocenters. The summed E-state index contributed by atoms with van der Waals surface area (Å²) < 4.78 is 14.4. The molecule has 0 aliphatic heterocycles. The van der Waals surface area contributed by atoms with Crippen LogP contribution in [0.2, 0.25) is 0 Å². The van der Waals surface area contributed by atoms with Crippen LogP contribution in [0.1, 0.15) is 139 Å². The van der Waals surface area contributed by atoms with E-state index in [1.807, 2.05) is 13.8 Å². The zero-order valence-corrected chi connectivity index (χ0v) is 43.8. The zero-order chi connectivity index (χ0) is 50.2. The SMILES string of the molecule is CC.CC(C)c1ccc(N(c2ccc3ccc4c(N(c5ccc(C(C)C)cc5)c5cccc6c5oc5c(C7CCCC7)cccc56)ccc5ccc2c3c54)c2cccc3c2oc2c(C4CCCC4)cccc23)cc1. The van der Waals surface area contributed by atoms with E-state index >= 15 is 0 Å². The van der Waals surface area contributed by atoms with Crippen LogP contribution in [0.3, 0.4) is 0 Å². The van der Waals surface area contributed by atoms with Gasteiger partial charge in [0.05, 0.1) is 22.7 Å². The maximum Gasteiger partial charge on any atom is 0.159 e. The van der Waals surface area contributed by atoms with Gasteiger partial charge >= 0.3 is 0 Å². The smallest absolute Gasteiger partial charge is 0.159 e. The Labute approximate surface area is 435 Å². The van der Waals surface area contributed by atoms with E-state index in [-0.39, 0.29) is 0 Å². The van der Waals surface area contributed by atoms with Crippen LogP contribution in [-0.2, 0) is 0 Å². The second-order valence-corrected chi connectivity index (χ2v) is 21.7. The van der Waals surface area contributed by atoms with Crippen LogP contribution in [0.15, 0.2) is 179 Å². The lowest BCUT2D eigenvalue weighted by Gasteiger charge is -2.29. The third kappa shape index (κ3) is 7.46. The van der Waals surface area contributed by atoms with Gasteiger partial charge in [-0.25, -0.2) is 0 Å². The number of hydrogen-bond acceptors (Lipinski definition) is 4. The average molecular weight is 967 g/mol. The van der Waals surface area contributed by atoms with Crippen molar-refractivity contribution in [3.8, 4) is 0 Å². The van der Waals surface area contributed by atoms with E-state index < -0.39 is 0 Å². The molecular weight excluding hydrogens is 901 g/mol. The first-order chi connectivity index (χ1) is 36.4. The molecule has 0 bridgehead atoms. The lowest BCUT2D eigenvalue weighted by Crippen LogP contribution is -2.12. The normalized spacial score (nSPS) is 14.6. The Morgan fingerprint density at radius 2 is 0.703 bits per heavy atom. The van der Waals surface area contributed by atoms with E-state index in [1.54, 1.807) is 0 Å². The van der Waals surface area contributed by atoms with E-state index in [9.17, 15) is 0 Å². The van der Waals surface area contributed by atoms with Crippen molar-refractivity contribution in [3.05, 3.63) is 192 Å². The number of hydrogen-bond donors (Lipinski definition) is 0. The second kappa shape index (κ2) is 18.7. The molecular formula is C70H66N2O2. The number of furan rings is 2. The minimum atomic E-state index is 0.421. The Kier molecular flexibility index (Phi) is 11.7. The highest BCUT2D eigenvalue weighted by molar-refractivity contribution is 6.29. The second-order valence-electron chi connectivity index (χ2n) is 21.7. The lowest BCUT2D eigenvalue weighted by atomic mass is 9.91. The van der Waals surface area contributed by atoms with Gasteiger partial charge in [-0.05, 0) is 142 Å². The lowest BCUT2D eigenvalue weighted by molar-refractivity contribution is 0.643. The summed E-state index contributed by atoms with van der Waals surface area (Å²) >= 11 is 0. The Balaban J connectivity index is 0.00000261. The van der Waals surface area contributed by atoms with Crippen molar-refractivity contribution in [2.45, 2.75) is 117 Å². The highest BCUT2D eigenvalue weighted by Crippen LogP contribution is 2.52. The summed E-state index contributed by atoms with van der Waals surface area (Å²) in [4.78, 5) is 4.92. The summed E-state index contributed by atoms with van der Waals surface area (Å²) in [6, 6.07) is 64.1. The molecule has 2 aliphatic carbocycles. The van der Waals surface area contributed by atoms with Gasteiger partial charge in [-0.2, -0.15) is 0 Å². The number of anilines is 6. The van der Waals surface area contributed by atoms with Crippen molar-refractivity contribution in [2.24, 2.45) is 0 Å². The Bertz CT molecular complexity index is 3750. The Morgan fingerprint density at radius 1 is 0.351 bits per heavy atom. The van der Waals surface area contributed by atoms with Crippen molar-refractivity contribution in [1.29, 1.82) is 0 Å². The van der Waals surface area contributed by atoms with Crippen molar-refractivity contribution in [2.75, 3.05) is 9.80 Å². The third-order valence-electron chi connectivity index (χ3n) is 16.9. The predicted octanol–water partition coefficient (Wildman–Crippen LogP) is 21.9. The summed E-state index contributed by atoms with van der Waals surface area (Å²) in [6.45, 7) is 13.1. The number of rotatable bonds is 10. The van der Waals surface area contributed by atoms with Crippen molar-refractivity contribution < 1.29 is 8.83 Å². The molecule has 0 N–H and O–H groups in total. The molecule has 368 valence electrons. The van der Waals surface area contributed by atoms with E-state index in [1.165, 1.54) is 117 Å². The fourth-order valence-electron chi connectivity index (χ4n) is 13.1. The Morgan fingerprint density at radius 3 is 1.08 bits per heavy atom. The first-order valence-corrected chi connectivity index (χ1v) is 27.8. The molecule has 74 heavy (non-hydrogen) atoms. The van der Waals surface area contributed by atoms with Crippen LogP contribution >= 0.6 is 0 Å². The molecule has 12 aromatic rings. The van der Waals surface area contributed by atoms with Crippen LogP contribution in [0.5, 0.6) is 0 Å². The Hall–Kier alpha value is -7.56. The van der Waals surface area contributed by atoms with Gasteiger partial charge in [-0.1, -0.05) is 189 Å². The van der Waals surface area contributed by atoms with Gasteiger partial charge in [-0.3, -0.25) is 0 Å². The van der Waals surface area contributed by atoms with Crippen molar-refractivity contribution in [1.82, 2.24) is 0 Å². The van der Waals surface area contributed by atoms with Gasteiger partial charge in [0.25, 0.3) is 0 Å². The fourth-order valence-corrected chi connectivity index (χ4v) is 13.1. The molecule has 2 saturated carbocycles. The minimum Gasteiger partial charge on any atom is -0.454 e. The molecule has 4 nitrogen and oxygen atoms in total. The van der Waals surface area contributed by atoms with Gasteiger partial charge in [0.1, 0.15) is 11.2 Å². The molecule has 2 aliphatic rings. The molecule has 2 fully saturated rings. The quantitative estimate of drug-likeness (QED) is 0.128. The molecule has 0 atom stereocenters. The van der Waals surface area contributed by atoms with Crippen LogP contribution < -0.4 is 9.80 Å². The van der Waals surface area contributed by atoms with Crippen LogP contribution in [0.4, 0.5) is 34.1 Å². The summed E-state index contributed by atoms with van der Waals surface area (Å²) in [7, 11) is 0. The van der Waals surface area contributed by atoms with E-state index in [2.05, 4.69) is 207 Å². The third-order valence-corrected chi connectivity index (χ3v) is 16.9. The largest absolute Gasteiger partial charge is 0.454 e. The van der Waals surface area contributed by atoms with Gasteiger partial charge in [0, 0.05) is 43.7 Å². The summed E-state index contributed by atoms with van der Waals surface area (Å²) in [5.74, 6) is 1.92. The van der Waals surface area contributed by atoms with E-state index in [0.717, 1.165) is 67.2 Å². The summed E-state index contributed by atoms with van der Waals surface area (Å²) in [6.07, 6.45) is 10.0. The number of para-hydroxylation sites is 4. The van der Waals surface area contributed by atoms with Crippen LogP contribution in [-0.4, -0.2) is 0 Å². The van der Waals surface area contributed by atoms with E-state index in [4.69, 9.17) is 8.83 Å². The first kappa shape index (κ1) is 46.2. The van der Waals surface area contributed by atoms with Gasteiger partial charge in [-0.15, -0.1) is 0 Å². The molecule has 4 heteroatoms. The van der Waals surface area contributed by atoms with Crippen molar-refractivity contribution in [3.63, 3.8) is 0 Å². The minimum absolute atomic E-state index is 0.421. The maximum absolute atomic E-state index is 7.21. The highest BCUT2D eigenvalue weighted by atomic mass is 16.3. The zero-order valence-electron chi connectivity index (χ0n) is 43.8. The monoisotopic (exact) mass is 967 g/mol. The van der Waals surface area contributed by atoms with Crippen molar-refractivity contribution >= 4 is 110 Å². The molecule has 0 radical (unpaired) electrons. The standard InChI is InChI=1S/C68H60N2O2.C2H6/c1-41(2)43-25-33-49(34-26-43)69(61-23-11-21-55-53-19-9-17-51(45-13-5-6-14-45)65(53)71-67(55)61)59-39-31-47-30-38-58-60(40-32-48-29-37-57(59)63(47)64(48)58)70(50-35-27-44(28-36-50)42(3)4)62-24-12-22-56-54-20-10-18-52(46-15-7-8-16-46)66(54)72-68(56)62;1-2/h9-12,17-42,45-46H,5-8,13-16H2,1-4H3;1-2H3. The summed E-state index contributed by atoms with van der Waals surface area (Å²) in [5.41, 5.74) is 15.8. The molecule has 0 saturated heterocycles. The molecule has 10 aromatic carbocycles. The average Bonchev–Trinajstić information content (AvgIpc) is 4.30. The molecule has 0 amide bonds. The molecule has 14 rings (SSSR count). The van der Waals surface area contributed by atoms with E-state index in [0.29, 0.717) is 23.7 Å². The summed E-state index contributed by atoms with van der Waals surface area (Å²) in [5, 5.41) is 12.1. The highest BCUT2D eigenvalue weighted by Gasteiger charge is 2.29. The molecule has 2 aromatic heterocycles. The first-order valence-electron chi connectivity index (χ1n) is 27.8. The van der Waals surface area contributed by atoms with Crippen LogP contribution in [0, 0.1) is 0 Å². The predicted molar refractivity (Wildman–Crippen MR) is 316 cm³/mol. The van der Waals surface area contributed by atoms with Gasteiger partial charge in [0.15, 0.2) is 11.2 Å². The van der Waals surface area contributed by atoms with Gasteiger partial charge < -0.3 is 18.6 Å². The molecule has 2 heterocycles.